The first-order chi connectivity index (χ1) is 7.87. The van der Waals surface area contributed by atoms with Gasteiger partial charge in [0.15, 0.2) is 0 Å². The van der Waals surface area contributed by atoms with E-state index in [4.69, 9.17) is 9.47 Å². The third-order valence-corrected chi connectivity index (χ3v) is 2.30. The Bertz CT molecular complexity index is 311. The molecule has 1 amide bonds. The summed E-state index contributed by atoms with van der Waals surface area (Å²) in [6.45, 7) is 6.30. The molecular formula is C12H19NO4. The van der Waals surface area contributed by atoms with E-state index >= 15 is 0 Å². The van der Waals surface area contributed by atoms with Crippen LogP contribution in [0.1, 0.15) is 27.2 Å². The van der Waals surface area contributed by atoms with E-state index in [1.54, 1.807) is 26.8 Å². The van der Waals surface area contributed by atoms with Crippen molar-refractivity contribution in [2.45, 2.75) is 38.3 Å². The third-order valence-electron chi connectivity index (χ3n) is 2.30. The highest BCUT2D eigenvalue weighted by molar-refractivity contribution is 5.70. The molecule has 0 radical (unpaired) electrons. The highest BCUT2D eigenvalue weighted by Gasteiger charge is 2.35. The molecule has 0 aliphatic carbocycles. The van der Waals surface area contributed by atoms with Crippen LogP contribution in [0.2, 0.25) is 0 Å². The minimum Gasteiger partial charge on any atom is -0.444 e. The minimum atomic E-state index is -0.622. The van der Waals surface area contributed by atoms with Gasteiger partial charge in [0.25, 0.3) is 0 Å². The van der Waals surface area contributed by atoms with Crippen molar-refractivity contribution < 1.29 is 19.1 Å². The fourth-order valence-corrected chi connectivity index (χ4v) is 1.58. The summed E-state index contributed by atoms with van der Waals surface area (Å²) in [6.07, 6.45) is 3.83. The van der Waals surface area contributed by atoms with Crippen LogP contribution in [0.25, 0.3) is 0 Å². The molecule has 0 saturated carbocycles. The maximum Gasteiger partial charge on any atom is 0.408 e. The van der Waals surface area contributed by atoms with E-state index in [2.05, 4.69) is 5.32 Å². The molecule has 1 aliphatic heterocycles. The van der Waals surface area contributed by atoms with Gasteiger partial charge in [-0.15, -0.1) is 0 Å². The Morgan fingerprint density at radius 1 is 1.47 bits per heavy atom. The summed E-state index contributed by atoms with van der Waals surface area (Å²) < 4.78 is 10.4. The van der Waals surface area contributed by atoms with Gasteiger partial charge in [0.2, 0.25) is 0 Å². The molecule has 1 fully saturated rings. The lowest BCUT2D eigenvalue weighted by Gasteiger charge is -2.27. The number of hydrogen-bond donors (Lipinski definition) is 1. The fourth-order valence-electron chi connectivity index (χ4n) is 1.58. The maximum atomic E-state index is 11.7. The number of ether oxygens (including phenoxy) is 2. The summed E-state index contributed by atoms with van der Waals surface area (Å²) in [5, 5.41) is 2.75. The molecule has 1 aliphatic rings. The topological polar surface area (TPSA) is 64.6 Å². The van der Waals surface area contributed by atoms with Gasteiger partial charge in [0.05, 0.1) is 12.1 Å². The zero-order chi connectivity index (χ0) is 12.9. The Labute approximate surface area is 101 Å². The first-order valence-electron chi connectivity index (χ1n) is 5.59. The number of hydrogen-bond acceptors (Lipinski definition) is 4. The van der Waals surface area contributed by atoms with Crippen LogP contribution in [0, 0.1) is 0 Å². The lowest BCUT2D eigenvalue weighted by Crippen LogP contribution is -2.49. The Balaban J connectivity index is 2.64. The van der Waals surface area contributed by atoms with E-state index < -0.39 is 17.2 Å². The SMILES string of the molecule is CC(C)(C)OC(=O)NC1(/C=C/C=O)CCOC1. The molecule has 5 nitrogen and oxygen atoms in total. The molecular weight excluding hydrogens is 222 g/mol. The molecule has 1 unspecified atom stereocenters. The smallest absolute Gasteiger partial charge is 0.408 e. The van der Waals surface area contributed by atoms with Crippen LogP contribution in [0.3, 0.4) is 0 Å². The van der Waals surface area contributed by atoms with Crippen LogP contribution in [-0.2, 0) is 14.3 Å². The van der Waals surface area contributed by atoms with Crippen LogP contribution < -0.4 is 5.32 Å². The summed E-state index contributed by atoms with van der Waals surface area (Å²) in [7, 11) is 0. The number of allylic oxidation sites excluding steroid dienone is 1. The van der Waals surface area contributed by atoms with Crippen molar-refractivity contribution in [3.8, 4) is 0 Å². The molecule has 0 aromatic carbocycles. The second-order valence-electron chi connectivity index (χ2n) is 5.08. The fraction of sp³-hybridized carbons (Fsp3) is 0.667. The molecule has 1 atom stereocenters. The van der Waals surface area contributed by atoms with Crippen LogP contribution >= 0.6 is 0 Å². The van der Waals surface area contributed by atoms with Gasteiger partial charge in [0.1, 0.15) is 11.9 Å². The third kappa shape index (κ3) is 4.56. The zero-order valence-electron chi connectivity index (χ0n) is 10.5. The van der Waals surface area contributed by atoms with Gasteiger partial charge in [-0.2, -0.15) is 0 Å². The van der Waals surface area contributed by atoms with Crippen molar-refractivity contribution in [3.63, 3.8) is 0 Å². The molecule has 1 saturated heterocycles. The number of carbonyl (C=O) groups is 2. The van der Waals surface area contributed by atoms with E-state index in [0.29, 0.717) is 25.9 Å². The molecule has 5 heteroatoms. The molecule has 0 bridgehead atoms. The largest absolute Gasteiger partial charge is 0.444 e. The summed E-state index contributed by atoms with van der Waals surface area (Å²) in [4.78, 5) is 22.0. The highest BCUT2D eigenvalue weighted by Crippen LogP contribution is 2.21. The van der Waals surface area contributed by atoms with Crippen molar-refractivity contribution in [3.05, 3.63) is 12.2 Å². The molecule has 0 spiro atoms. The number of rotatable bonds is 3. The zero-order valence-corrected chi connectivity index (χ0v) is 10.5. The molecule has 1 heterocycles. The molecule has 0 aromatic rings. The monoisotopic (exact) mass is 241 g/mol. The Hall–Kier alpha value is -1.36. The van der Waals surface area contributed by atoms with Crippen molar-refractivity contribution in [2.75, 3.05) is 13.2 Å². The van der Waals surface area contributed by atoms with Crippen LogP contribution in [0.4, 0.5) is 4.79 Å². The quantitative estimate of drug-likeness (QED) is 0.599. The first-order valence-corrected chi connectivity index (χ1v) is 5.59. The summed E-state index contributed by atoms with van der Waals surface area (Å²) in [5.74, 6) is 0. The van der Waals surface area contributed by atoms with Crippen LogP contribution in [0.5, 0.6) is 0 Å². The van der Waals surface area contributed by atoms with E-state index in [9.17, 15) is 9.59 Å². The molecule has 96 valence electrons. The second kappa shape index (κ2) is 5.31. The molecule has 17 heavy (non-hydrogen) atoms. The summed E-state index contributed by atoms with van der Waals surface area (Å²) in [6, 6.07) is 0. The highest BCUT2D eigenvalue weighted by atomic mass is 16.6. The van der Waals surface area contributed by atoms with Gasteiger partial charge < -0.3 is 14.8 Å². The Kier molecular flexibility index (Phi) is 4.28. The van der Waals surface area contributed by atoms with Crippen molar-refractivity contribution in [1.29, 1.82) is 0 Å². The van der Waals surface area contributed by atoms with Gasteiger partial charge in [-0.1, -0.05) is 6.08 Å². The van der Waals surface area contributed by atoms with Crippen LogP contribution in [0.15, 0.2) is 12.2 Å². The number of amides is 1. The van der Waals surface area contributed by atoms with Crippen molar-refractivity contribution >= 4 is 12.4 Å². The number of alkyl carbamates (subject to hydrolysis) is 1. The number of carbonyl (C=O) groups excluding carboxylic acids is 2. The lowest BCUT2D eigenvalue weighted by atomic mass is 9.98. The predicted molar refractivity (Wildman–Crippen MR) is 62.7 cm³/mol. The van der Waals surface area contributed by atoms with Gasteiger partial charge in [-0.3, -0.25) is 4.79 Å². The maximum absolute atomic E-state index is 11.7. The summed E-state index contributed by atoms with van der Waals surface area (Å²) in [5.41, 5.74) is -1.16. The summed E-state index contributed by atoms with van der Waals surface area (Å²) >= 11 is 0. The van der Waals surface area contributed by atoms with E-state index in [1.807, 2.05) is 0 Å². The normalized spacial score (nSPS) is 24.9. The average Bonchev–Trinajstić information content (AvgIpc) is 2.60. The van der Waals surface area contributed by atoms with Gasteiger partial charge >= 0.3 is 6.09 Å². The predicted octanol–water partition coefficient (Wildman–Crippen LogP) is 1.43. The van der Waals surface area contributed by atoms with Crippen LogP contribution in [-0.4, -0.2) is 36.7 Å². The van der Waals surface area contributed by atoms with E-state index in [1.165, 1.54) is 6.08 Å². The first kappa shape index (κ1) is 13.7. The van der Waals surface area contributed by atoms with Crippen molar-refractivity contribution in [1.82, 2.24) is 5.32 Å². The molecule has 1 N–H and O–H groups in total. The molecule has 0 aromatic heterocycles. The van der Waals surface area contributed by atoms with Crippen molar-refractivity contribution in [2.24, 2.45) is 0 Å². The number of aldehydes is 1. The van der Waals surface area contributed by atoms with Gasteiger partial charge in [-0.25, -0.2) is 4.79 Å². The van der Waals surface area contributed by atoms with Gasteiger partial charge in [0, 0.05) is 6.61 Å². The minimum absolute atomic E-state index is 0.358. The van der Waals surface area contributed by atoms with E-state index in [0.717, 1.165) is 0 Å². The number of nitrogens with one attached hydrogen (secondary N) is 1. The second-order valence-corrected chi connectivity index (χ2v) is 5.08. The lowest BCUT2D eigenvalue weighted by molar-refractivity contribution is -0.104. The molecule has 1 rings (SSSR count). The Morgan fingerprint density at radius 2 is 2.18 bits per heavy atom. The standard InChI is InChI=1S/C12H19NO4/c1-11(2,3)17-10(15)13-12(5-4-7-14)6-8-16-9-12/h4-5,7H,6,8-9H2,1-3H3,(H,13,15)/b5-4+. The van der Waals surface area contributed by atoms with Gasteiger partial charge in [-0.05, 0) is 33.3 Å². The Morgan fingerprint density at radius 3 is 2.65 bits per heavy atom. The average molecular weight is 241 g/mol. The van der Waals surface area contributed by atoms with E-state index in [-0.39, 0.29) is 0 Å².